The van der Waals surface area contributed by atoms with Crippen molar-refractivity contribution in [3.8, 4) is 6.07 Å². The van der Waals surface area contributed by atoms with Crippen LogP contribution in [0.15, 0.2) is 18.5 Å². The largest absolute Gasteiger partial charge is 0.336 e. The van der Waals surface area contributed by atoms with Gasteiger partial charge in [0.05, 0.1) is 16.9 Å². The van der Waals surface area contributed by atoms with E-state index in [1.807, 2.05) is 26.2 Å². The third kappa shape index (κ3) is 2.29. The quantitative estimate of drug-likeness (QED) is 0.922. The monoisotopic (exact) mass is 261 g/mol. The molecule has 0 bridgehead atoms. The molecule has 0 saturated heterocycles. The van der Waals surface area contributed by atoms with Crippen LogP contribution >= 0.6 is 11.6 Å². The summed E-state index contributed by atoms with van der Waals surface area (Å²) in [5.41, 5.74) is 2.18. The van der Waals surface area contributed by atoms with Gasteiger partial charge in [0, 0.05) is 19.4 Å². The molecular formula is C12H12ClN5. The second-order valence-corrected chi connectivity index (χ2v) is 4.15. The fraction of sp³-hybridized carbons (Fsp3) is 0.250. The van der Waals surface area contributed by atoms with Crippen LogP contribution in [-0.2, 0) is 13.5 Å². The third-order valence-corrected chi connectivity index (χ3v) is 2.89. The number of aryl methyl sites for hydroxylation is 2. The van der Waals surface area contributed by atoms with Gasteiger partial charge in [0.15, 0.2) is 5.82 Å². The topological polar surface area (TPSA) is 66.5 Å². The maximum Gasteiger partial charge on any atom is 0.150 e. The first-order valence-electron chi connectivity index (χ1n) is 5.49. The Balaban J connectivity index is 2.37. The zero-order chi connectivity index (χ0) is 13.1. The van der Waals surface area contributed by atoms with Crippen molar-refractivity contribution in [3.63, 3.8) is 0 Å². The SMILES string of the molecule is CCc1nn(C)cc1Nc1nccc(C#N)c1Cl. The molecule has 92 valence electrons. The Bertz CT molecular complexity index is 611. The fourth-order valence-corrected chi connectivity index (χ4v) is 1.85. The van der Waals surface area contributed by atoms with E-state index in [1.54, 1.807) is 16.9 Å². The van der Waals surface area contributed by atoms with Gasteiger partial charge in [-0.1, -0.05) is 18.5 Å². The fourth-order valence-electron chi connectivity index (χ4n) is 1.64. The predicted molar refractivity (Wildman–Crippen MR) is 69.8 cm³/mol. The molecule has 0 aliphatic heterocycles. The van der Waals surface area contributed by atoms with Crippen LogP contribution in [0, 0.1) is 11.3 Å². The number of nitrogens with zero attached hydrogens (tertiary/aromatic N) is 4. The van der Waals surface area contributed by atoms with Crippen LogP contribution in [0.2, 0.25) is 5.02 Å². The summed E-state index contributed by atoms with van der Waals surface area (Å²) in [7, 11) is 1.85. The van der Waals surface area contributed by atoms with Crippen LogP contribution in [0.3, 0.4) is 0 Å². The lowest BCUT2D eigenvalue weighted by molar-refractivity contribution is 0.746. The molecule has 0 spiro atoms. The predicted octanol–water partition coefficient (Wildman–Crippen LogP) is 2.65. The summed E-state index contributed by atoms with van der Waals surface area (Å²) in [5, 5.41) is 16.7. The molecule has 2 rings (SSSR count). The molecule has 0 radical (unpaired) electrons. The van der Waals surface area contributed by atoms with Gasteiger partial charge >= 0.3 is 0 Å². The van der Waals surface area contributed by atoms with Crippen molar-refractivity contribution in [2.45, 2.75) is 13.3 Å². The van der Waals surface area contributed by atoms with Gasteiger partial charge in [0.1, 0.15) is 11.1 Å². The van der Waals surface area contributed by atoms with Crippen molar-refractivity contribution >= 4 is 23.1 Å². The lowest BCUT2D eigenvalue weighted by Crippen LogP contribution is -1.97. The van der Waals surface area contributed by atoms with Gasteiger partial charge in [-0.15, -0.1) is 0 Å². The minimum atomic E-state index is 0.325. The highest BCUT2D eigenvalue weighted by Crippen LogP contribution is 2.27. The van der Waals surface area contributed by atoms with Gasteiger partial charge in [-0.05, 0) is 12.5 Å². The average molecular weight is 262 g/mol. The molecule has 18 heavy (non-hydrogen) atoms. The number of aromatic nitrogens is 3. The molecule has 0 fully saturated rings. The number of anilines is 2. The summed E-state index contributed by atoms with van der Waals surface area (Å²) >= 11 is 6.09. The Labute approximate surface area is 110 Å². The van der Waals surface area contributed by atoms with Crippen LogP contribution in [0.4, 0.5) is 11.5 Å². The number of nitriles is 1. The van der Waals surface area contributed by atoms with Gasteiger partial charge in [0.2, 0.25) is 0 Å². The number of pyridine rings is 1. The lowest BCUT2D eigenvalue weighted by atomic mass is 10.2. The Kier molecular flexibility index (Phi) is 3.49. The van der Waals surface area contributed by atoms with Crippen LogP contribution in [0.1, 0.15) is 18.2 Å². The van der Waals surface area contributed by atoms with E-state index < -0.39 is 0 Å². The van der Waals surface area contributed by atoms with E-state index in [9.17, 15) is 0 Å². The maximum absolute atomic E-state index is 8.91. The molecule has 6 heteroatoms. The van der Waals surface area contributed by atoms with E-state index >= 15 is 0 Å². The maximum atomic E-state index is 8.91. The van der Waals surface area contributed by atoms with Gasteiger partial charge in [0.25, 0.3) is 0 Å². The first-order chi connectivity index (χ1) is 8.65. The van der Waals surface area contributed by atoms with E-state index in [-0.39, 0.29) is 0 Å². The summed E-state index contributed by atoms with van der Waals surface area (Å²) in [6.45, 7) is 2.02. The van der Waals surface area contributed by atoms with Crippen molar-refractivity contribution in [1.29, 1.82) is 5.26 Å². The second-order valence-electron chi connectivity index (χ2n) is 3.77. The number of hydrogen-bond acceptors (Lipinski definition) is 4. The minimum absolute atomic E-state index is 0.325. The van der Waals surface area contributed by atoms with Gasteiger partial charge < -0.3 is 5.32 Å². The van der Waals surface area contributed by atoms with E-state index in [1.165, 1.54) is 0 Å². The van der Waals surface area contributed by atoms with Crippen LogP contribution < -0.4 is 5.32 Å². The van der Waals surface area contributed by atoms with E-state index in [0.717, 1.165) is 17.8 Å². The van der Waals surface area contributed by atoms with Crippen LogP contribution in [0.5, 0.6) is 0 Å². The Morgan fingerprint density at radius 2 is 2.33 bits per heavy atom. The molecule has 0 atom stereocenters. The van der Waals surface area contributed by atoms with Crippen molar-refractivity contribution in [2.75, 3.05) is 5.32 Å². The molecule has 2 aromatic heterocycles. The Morgan fingerprint density at radius 1 is 1.56 bits per heavy atom. The van der Waals surface area contributed by atoms with Crippen molar-refractivity contribution in [3.05, 3.63) is 34.7 Å². The molecule has 2 heterocycles. The summed E-state index contributed by atoms with van der Waals surface area (Å²) in [4.78, 5) is 4.14. The highest BCUT2D eigenvalue weighted by Gasteiger charge is 2.11. The number of hydrogen-bond donors (Lipinski definition) is 1. The van der Waals surface area contributed by atoms with Crippen LogP contribution in [0.25, 0.3) is 0 Å². The molecular weight excluding hydrogens is 250 g/mol. The van der Waals surface area contributed by atoms with Gasteiger partial charge in [-0.2, -0.15) is 10.4 Å². The first-order valence-corrected chi connectivity index (χ1v) is 5.87. The molecule has 0 saturated carbocycles. The molecule has 5 nitrogen and oxygen atoms in total. The third-order valence-electron chi connectivity index (χ3n) is 2.50. The summed E-state index contributed by atoms with van der Waals surface area (Å²) in [5.74, 6) is 0.471. The van der Waals surface area contributed by atoms with E-state index in [0.29, 0.717) is 16.4 Å². The number of halogens is 1. The standard InChI is InChI=1S/C12H12ClN5/c1-3-9-10(7-18(2)17-9)16-12-11(13)8(6-14)4-5-15-12/h4-5,7H,3H2,1-2H3,(H,15,16). The summed E-state index contributed by atoms with van der Waals surface area (Å²) in [6.07, 6.45) is 4.21. The average Bonchev–Trinajstić information content (AvgIpc) is 2.72. The second kappa shape index (κ2) is 5.07. The number of rotatable bonds is 3. The highest BCUT2D eigenvalue weighted by atomic mass is 35.5. The summed E-state index contributed by atoms with van der Waals surface area (Å²) < 4.78 is 1.73. The van der Waals surface area contributed by atoms with Crippen molar-refractivity contribution < 1.29 is 0 Å². The smallest absolute Gasteiger partial charge is 0.150 e. The van der Waals surface area contributed by atoms with E-state index in [4.69, 9.17) is 16.9 Å². The number of nitrogens with one attached hydrogen (secondary N) is 1. The zero-order valence-electron chi connectivity index (χ0n) is 10.1. The summed E-state index contributed by atoms with van der Waals surface area (Å²) in [6, 6.07) is 3.60. The lowest BCUT2D eigenvalue weighted by Gasteiger charge is -2.07. The Hall–Kier alpha value is -2.06. The first kappa shape index (κ1) is 12.4. The zero-order valence-corrected chi connectivity index (χ0v) is 10.9. The van der Waals surface area contributed by atoms with Crippen molar-refractivity contribution in [1.82, 2.24) is 14.8 Å². The molecule has 0 aliphatic rings. The molecule has 0 unspecified atom stereocenters. The Morgan fingerprint density at radius 3 is 3.00 bits per heavy atom. The van der Waals surface area contributed by atoms with Crippen LogP contribution in [-0.4, -0.2) is 14.8 Å². The molecule has 0 aromatic carbocycles. The molecule has 2 aromatic rings. The minimum Gasteiger partial charge on any atom is -0.336 e. The van der Waals surface area contributed by atoms with Gasteiger partial charge in [-0.3, -0.25) is 4.68 Å². The molecule has 1 N–H and O–H groups in total. The van der Waals surface area contributed by atoms with Crippen molar-refractivity contribution in [2.24, 2.45) is 7.05 Å². The normalized spacial score (nSPS) is 10.1. The molecule has 0 aliphatic carbocycles. The molecule has 0 amide bonds. The van der Waals surface area contributed by atoms with E-state index in [2.05, 4.69) is 15.4 Å². The highest BCUT2D eigenvalue weighted by molar-refractivity contribution is 6.34. The van der Waals surface area contributed by atoms with Gasteiger partial charge in [-0.25, -0.2) is 4.98 Å².